The van der Waals surface area contributed by atoms with E-state index in [1.807, 2.05) is 12.1 Å². The van der Waals surface area contributed by atoms with Crippen molar-refractivity contribution in [3.8, 4) is 11.5 Å². The summed E-state index contributed by atoms with van der Waals surface area (Å²) in [5.74, 6) is -2.50. The Balaban J connectivity index is 0.000000409. The molecule has 9 heteroatoms. The summed E-state index contributed by atoms with van der Waals surface area (Å²) in [5.41, 5.74) is 3.72. The van der Waals surface area contributed by atoms with Crippen molar-refractivity contribution in [3.63, 3.8) is 0 Å². The number of phenolic OH excluding ortho intramolecular Hbond substituents is 1. The van der Waals surface area contributed by atoms with Gasteiger partial charge in [0, 0.05) is 6.04 Å². The molecule has 0 radical (unpaired) electrons. The fourth-order valence-electron chi connectivity index (χ4n) is 2.98. The van der Waals surface area contributed by atoms with E-state index in [9.17, 15) is 5.11 Å². The van der Waals surface area contributed by atoms with Crippen LogP contribution in [0.5, 0.6) is 11.5 Å². The number of hydrogen-bond donors (Lipinski definition) is 4. The minimum Gasteiger partial charge on any atom is -0.508 e. The van der Waals surface area contributed by atoms with Gasteiger partial charge in [-0.25, -0.2) is 9.59 Å². The zero-order chi connectivity index (χ0) is 20.8. The van der Waals surface area contributed by atoms with Crippen molar-refractivity contribution in [1.29, 1.82) is 0 Å². The van der Waals surface area contributed by atoms with E-state index in [-0.39, 0.29) is 6.04 Å². The number of benzene rings is 2. The summed E-state index contributed by atoms with van der Waals surface area (Å²) in [4.78, 5) is 18.2. The van der Waals surface area contributed by atoms with Gasteiger partial charge in [-0.2, -0.15) is 0 Å². The lowest BCUT2D eigenvalue weighted by molar-refractivity contribution is -0.159. The van der Waals surface area contributed by atoms with Crippen LogP contribution in [0.15, 0.2) is 39.3 Å². The second kappa shape index (κ2) is 9.90. The first-order chi connectivity index (χ1) is 13.2. The smallest absolute Gasteiger partial charge is 0.414 e. The quantitative estimate of drug-likeness (QED) is 0.461. The largest absolute Gasteiger partial charge is 0.508 e. The molecule has 0 amide bonds. The maximum atomic E-state index is 9.65. The third kappa shape index (κ3) is 5.70. The maximum absolute atomic E-state index is 9.65. The molecule has 7 nitrogen and oxygen atoms in total. The molecule has 0 bridgehead atoms. The number of rotatable bonds is 3. The van der Waals surface area contributed by atoms with Gasteiger partial charge in [0.2, 0.25) is 0 Å². The normalized spacial score (nSPS) is 15.0. The van der Waals surface area contributed by atoms with Crippen LogP contribution >= 0.6 is 31.9 Å². The van der Waals surface area contributed by atoms with Gasteiger partial charge in [-0.15, -0.1) is 0 Å². The highest BCUT2D eigenvalue weighted by Crippen LogP contribution is 2.36. The number of hydrogen-bond acceptors (Lipinski definition) is 5. The summed E-state index contributed by atoms with van der Waals surface area (Å²) in [7, 11) is 1.66. The molecule has 150 valence electrons. The van der Waals surface area contributed by atoms with Crippen LogP contribution in [0.4, 0.5) is 0 Å². The molecule has 0 saturated carbocycles. The number of carboxylic acids is 2. The van der Waals surface area contributed by atoms with E-state index in [1.165, 1.54) is 16.7 Å². The Morgan fingerprint density at radius 1 is 1.14 bits per heavy atom. The molecule has 28 heavy (non-hydrogen) atoms. The first kappa shape index (κ1) is 22.2. The van der Waals surface area contributed by atoms with Crippen molar-refractivity contribution < 1.29 is 29.6 Å². The van der Waals surface area contributed by atoms with Gasteiger partial charge in [0.25, 0.3) is 0 Å². The highest BCUT2D eigenvalue weighted by molar-refractivity contribution is 9.11. The summed E-state index contributed by atoms with van der Waals surface area (Å²) in [6.07, 6.45) is 1.84. The maximum Gasteiger partial charge on any atom is 0.414 e. The molecule has 1 aliphatic heterocycles. The number of halogens is 2. The first-order valence-electron chi connectivity index (χ1n) is 8.26. The van der Waals surface area contributed by atoms with E-state index in [0.29, 0.717) is 5.75 Å². The Morgan fingerprint density at radius 2 is 1.75 bits per heavy atom. The van der Waals surface area contributed by atoms with Crippen molar-refractivity contribution in [2.75, 3.05) is 13.7 Å². The van der Waals surface area contributed by atoms with Crippen molar-refractivity contribution >= 4 is 43.8 Å². The predicted molar refractivity (Wildman–Crippen MR) is 110 cm³/mol. The molecule has 0 fully saturated rings. The van der Waals surface area contributed by atoms with E-state index in [1.54, 1.807) is 13.2 Å². The highest BCUT2D eigenvalue weighted by atomic mass is 79.9. The Kier molecular flexibility index (Phi) is 7.85. The van der Waals surface area contributed by atoms with Gasteiger partial charge in [0.05, 0.1) is 16.1 Å². The monoisotopic (exact) mass is 515 g/mol. The van der Waals surface area contributed by atoms with Gasteiger partial charge >= 0.3 is 11.9 Å². The summed E-state index contributed by atoms with van der Waals surface area (Å²) < 4.78 is 7.24. The standard InChI is InChI=1S/C17H17Br2NO2.C2H2O4/c1-22-17-14(18)6-10(7-15(17)19)8-16-13-3-2-12(21)9-11(13)4-5-20-16;3-1(4)2(5)6/h2-3,6-7,9,16,20-21H,4-5,8H2,1H3;(H,3,4)(H,5,6). The SMILES string of the molecule is COc1c(Br)cc(CC2NCCc3cc(O)ccc32)cc1Br.O=C(O)C(=O)O. The molecular formula is C19H19Br2NO6. The minimum atomic E-state index is -1.82. The lowest BCUT2D eigenvalue weighted by Crippen LogP contribution is -2.31. The molecule has 4 N–H and O–H groups in total. The van der Waals surface area contributed by atoms with Crippen LogP contribution in [0.3, 0.4) is 0 Å². The zero-order valence-electron chi connectivity index (χ0n) is 14.9. The van der Waals surface area contributed by atoms with E-state index >= 15 is 0 Å². The number of carboxylic acid groups (broad SMARTS) is 2. The lowest BCUT2D eigenvalue weighted by atomic mass is 9.90. The van der Waals surface area contributed by atoms with Gasteiger partial charge in [-0.1, -0.05) is 6.07 Å². The van der Waals surface area contributed by atoms with Crippen LogP contribution in [-0.2, 0) is 22.4 Å². The van der Waals surface area contributed by atoms with Crippen molar-refractivity contribution in [3.05, 3.63) is 56.0 Å². The molecule has 1 aliphatic rings. The predicted octanol–water partition coefficient (Wildman–Crippen LogP) is 3.51. The molecule has 3 rings (SSSR count). The van der Waals surface area contributed by atoms with Gasteiger partial charge < -0.3 is 25.4 Å². The van der Waals surface area contributed by atoms with Gasteiger partial charge in [0.15, 0.2) is 0 Å². The summed E-state index contributed by atoms with van der Waals surface area (Å²) in [6, 6.07) is 10.1. The van der Waals surface area contributed by atoms with Gasteiger partial charge in [0.1, 0.15) is 11.5 Å². The van der Waals surface area contributed by atoms with Crippen molar-refractivity contribution in [1.82, 2.24) is 5.32 Å². The minimum absolute atomic E-state index is 0.261. The number of ether oxygens (including phenoxy) is 1. The molecule has 1 heterocycles. The fourth-order valence-corrected chi connectivity index (χ4v) is 4.59. The van der Waals surface area contributed by atoms with Crippen LogP contribution in [0.2, 0.25) is 0 Å². The number of methoxy groups -OCH3 is 1. The summed E-state index contributed by atoms with van der Waals surface area (Å²) in [6.45, 7) is 0.930. The topological polar surface area (TPSA) is 116 Å². The van der Waals surface area contributed by atoms with E-state index in [2.05, 4.69) is 49.3 Å². The summed E-state index contributed by atoms with van der Waals surface area (Å²) >= 11 is 7.11. The fraction of sp³-hybridized carbons (Fsp3) is 0.263. The van der Waals surface area contributed by atoms with Crippen molar-refractivity contribution in [2.45, 2.75) is 18.9 Å². The highest BCUT2D eigenvalue weighted by Gasteiger charge is 2.21. The molecule has 0 aliphatic carbocycles. The Labute approximate surface area is 178 Å². The molecule has 0 spiro atoms. The second-order valence-corrected chi connectivity index (χ2v) is 7.76. The Bertz CT molecular complexity index is 852. The summed E-state index contributed by atoms with van der Waals surface area (Å²) in [5, 5.41) is 28.0. The molecule has 2 aromatic rings. The first-order valence-corrected chi connectivity index (χ1v) is 9.84. The number of aromatic hydroxyl groups is 1. The van der Waals surface area contributed by atoms with Crippen LogP contribution < -0.4 is 10.1 Å². The number of aliphatic carboxylic acids is 2. The molecule has 0 saturated heterocycles. The Morgan fingerprint density at radius 3 is 2.29 bits per heavy atom. The molecule has 2 aromatic carbocycles. The molecule has 1 unspecified atom stereocenters. The zero-order valence-corrected chi connectivity index (χ0v) is 18.1. The van der Waals surface area contributed by atoms with Gasteiger partial charge in [-0.3, -0.25) is 0 Å². The second-order valence-electron chi connectivity index (χ2n) is 6.05. The van der Waals surface area contributed by atoms with Crippen LogP contribution in [0, 0.1) is 0 Å². The van der Waals surface area contributed by atoms with E-state index in [0.717, 1.165) is 34.1 Å². The number of carbonyl (C=O) groups is 2. The number of fused-ring (bicyclic) bond motifs is 1. The van der Waals surface area contributed by atoms with Gasteiger partial charge in [-0.05, 0) is 92.2 Å². The van der Waals surface area contributed by atoms with E-state index in [4.69, 9.17) is 24.5 Å². The molecule has 1 atom stereocenters. The van der Waals surface area contributed by atoms with Crippen molar-refractivity contribution in [2.24, 2.45) is 0 Å². The van der Waals surface area contributed by atoms with Crippen LogP contribution in [0.1, 0.15) is 22.7 Å². The Hall–Kier alpha value is -2.10. The lowest BCUT2D eigenvalue weighted by Gasteiger charge is -2.27. The average Bonchev–Trinajstić information content (AvgIpc) is 2.62. The third-order valence-corrected chi connectivity index (χ3v) is 5.35. The number of phenols is 1. The third-order valence-electron chi connectivity index (χ3n) is 4.17. The molecular weight excluding hydrogens is 498 g/mol. The molecule has 0 aromatic heterocycles. The van der Waals surface area contributed by atoms with E-state index < -0.39 is 11.9 Å². The van der Waals surface area contributed by atoms with Crippen LogP contribution in [-0.4, -0.2) is 40.9 Å². The number of nitrogens with one attached hydrogen (secondary N) is 1. The van der Waals surface area contributed by atoms with Crippen LogP contribution in [0.25, 0.3) is 0 Å². The average molecular weight is 517 g/mol.